The number of pyridine rings is 2. The van der Waals surface area contributed by atoms with Crippen LogP contribution in [0.5, 0.6) is 0 Å². The number of nitrogens with zero attached hydrogens (tertiary/aromatic N) is 4. The lowest BCUT2D eigenvalue weighted by atomic mass is 9.89. The van der Waals surface area contributed by atoms with Crippen LogP contribution < -0.4 is 0 Å². The van der Waals surface area contributed by atoms with Crippen LogP contribution in [-0.2, 0) is 16.1 Å². The van der Waals surface area contributed by atoms with E-state index in [2.05, 4.69) is 14.9 Å². The highest BCUT2D eigenvalue weighted by molar-refractivity contribution is 5.84. The van der Waals surface area contributed by atoms with Crippen LogP contribution in [0.25, 0.3) is 22.0 Å². The summed E-state index contributed by atoms with van der Waals surface area (Å²) in [6.45, 7) is 5.41. The molecule has 2 aromatic heterocycles. The number of hydrogen-bond donors (Lipinski definition) is 0. The molecular weight excluding hydrogens is 426 g/mol. The molecule has 33 heavy (non-hydrogen) atoms. The number of fused-ring (bicyclic) bond motifs is 1. The number of morpholine rings is 1. The van der Waals surface area contributed by atoms with Gasteiger partial charge in [0.15, 0.2) is 0 Å². The Morgan fingerprint density at radius 2 is 1.88 bits per heavy atom. The van der Waals surface area contributed by atoms with E-state index in [1.807, 2.05) is 24.0 Å². The summed E-state index contributed by atoms with van der Waals surface area (Å²) in [5.41, 5.74) is 2.20. The van der Waals surface area contributed by atoms with Crippen LogP contribution >= 0.6 is 0 Å². The highest BCUT2D eigenvalue weighted by atomic mass is 19.1. The van der Waals surface area contributed by atoms with Gasteiger partial charge in [-0.1, -0.05) is 12.1 Å². The van der Waals surface area contributed by atoms with Crippen molar-refractivity contribution in [3.8, 4) is 11.1 Å². The van der Waals surface area contributed by atoms with Crippen LogP contribution in [0.2, 0.25) is 0 Å². The topological polar surface area (TPSA) is 58.6 Å². The predicted molar refractivity (Wildman–Crippen MR) is 120 cm³/mol. The number of ether oxygens (including phenoxy) is 1. The SMILES string of the molecule is CCN1CC2(CCN(Cc3ncc(-c4ccc5cc(F)cnc5c4)cc3F)CC2)OCC1=O. The molecule has 2 aliphatic heterocycles. The van der Waals surface area contributed by atoms with Gasteiger partial charge in [0.05, 0.1) is 23.0 Å². The Kier molecular flexibility index (Phi) is 5.80. The van der Waals surface area contributed by atoms with E-state index in [0.29, 0.717) is 41.8 Å². The molecule has 5 rings (SSSR count). The van der Waals surface area contributed by atoms with E-state index in [4.69, 9.17) is 4.74 Å². The number of amides is 1. The molecule has 0 atom stereocenters. The molecule has 3 aromatic rings. The number of carbonyl (C=O) groups is 1. The van der Waals surface area contributed by atoms with Crippen molar-refractivity contribution in [3.05, 3.63) is 60.1 Å². The monoisotopic (exact) mass is 452 g/mol. The molecule has 0 bridgehead atoms. The van der Waals surface area contributed by atoms with Gasteiger partial charge in [0.1, 0.15) is 18.2 Å². The van der Waals surface area contributed by atoms with Crippen LogP contribution in [0.15, 0.2) is 42.7 Å². The number of hydrogen-bond acceptors (Lipinski definition) is 5. The lowest BCUT2D eigenvalue weighted by Gasteiger charge is -2.46. The van der Waals surface area contributed by atoms with Gasteiger partial charge in [-0.3, -0.25) is 19.7 Å². The smallest absolute Gasteiger partial charge is 0.248 e. The van der Waals surface area contributed by atoms with Crippen molar-refractivity contribution >= 4 is 16.8 Å². The van der Waals surface area contributed by atoms with E-state index in [-0.39, 0.29) is 29.7 Å². The molecule has 8 heteroatoms. The minimum absolute atomic E-state index is 0.0475. The second-order valence-corrected chi connectivity index (χ2v) is 8.87. The third-order valence-corrected chi connectivity index (χ3v) is 6.76. The Hall–Kier alpha value is -2.97. The summed E-state index contributed by atoms with van der Waals surface area (Å²) in [5, 5.41) is 0.694. The molecule has 1 aromatic carbocycles. The third kappa shape index (κ3) is 4.45. The van der Waals surface area contributed by atoms with Crippen molar-refractivity contribution in [2.45, 2.75) is 31.9 Å². The molecule has 172 valence electrons. The maximum atomic E-state index is 14.9. The van der Waals surface area contributed by atoms with Gasteiger partial charge in [-0.2, -0.15) is 0 Å². The van der Waals surface area contributed by atoms with Crippen molar-refractivity contribution < 1.29 is 18.3 Å². The molecule has 2 saturated heterocycles. The van der Waals surface area contributed by atoms with E-state index < -0.39 is 0 Å². The molecule has 2 fully saturated rings. The molecule has 0 radical (unpaired) electrons. The summed E-state index contributed by atoms with van der Waals surface area (Å²) in [6.07, 6.45) is 4.46. The summed E-state index contributed by atoms with van der Waals surface area (Å²) in [6, 6.07) is 8.32. The molecule has 0 aliphatic carbocycles. The Labute approximate surface area is 191 Å². The first-order valence-electron chi connectivity index (χ1n) is 11.3. The maximum Gasteiger partial charge on any atom is 0.248 e. The second-order valence-electron chi connectivity index (χ2n) is 8.87. The summed E-state index contributed by atoms with van der Waals surface area (Å²) in [4.78, 5) is 24.5. The Morgan fingerprint density at radius 1 is 1.06 bits per heavy atom. The highest BCUT2D eigenvalue weighted by Gasteiger charge is 2.41. The van der Waals surface area contributed by atoms with Gasteiger partial charge in [0.25, 0.3) is 0 Å². The fourth-order valence-electron chi connectivity index (χ4n) is 4.72. The average molecular weight is 453 g/mol. The quantitative estimate of drug-likeness (QED) is 0.603. The second kappa shape index (κ2) is 8.76. The molecule has 0 unspecified atom stereocenters. The zero-order valence-corrected chi connectivity index (χ0v) is 18.6. The highest BCUT2D eigenvalue weighted by Crippen LogP contribution is 2.31. The van der Waals surface area contributed by atoms with Gasteiger partial charge in [0, 0.05) is 49.9 Å². The minimum atomic E-state index is -0.387. The predicted octanol–water partition coefficient (Wildman–Crippen LogP) is 3.79. The van der Waals surface area contributed by atoms with Crippen molar-refractivity contribution in [1.82, 2.24) is 19.8 Å². The molecule has 4 heterocycles. The number of carbonyl (C=O) groups excluding carboxylic acids is 1. The molecule has 6 nitrogen and oxygen atoms in total. The fraction of sp³-hybridized carbons (Fsp3) is 0.400. The number of benzene rings is 1. The molecule has 0 saturated carbocycles. The maximum absolute atomic E-state index is 14.9. The van der Waals surface area contributed by atoms with Gasteiger partial charge in [-0.05, 0) is 43.5 Å². The van der Waals surface area contributed by atoms with Gasteiger partial charge in [-0.15, -0.1) is 0 Å². The van der Waals surface area contributed by atoms with E-state index in [1.165, 1.54) is 18.3 Å². The normalized spacial score (nSPS) is 18.9. The van der Waals surface area contributed by atoms with E-state index in [1.54, 1.807) is 12.3 Å². The number of piperidine rings is 1. The third-order valence-electron chi connectivity index (χ3n) is 6.76. The van der Waals surface area contributed by atoms with Crippen molar-refractivity contribution in [1.29, 1.82) is 0 Å². The first-order valence-corrected chi connectivity index (χ1v) is 11.3. The fourth-order valence-corrected chi connectivity index (χ4v) is 4.72. The molecular formula is C25H26F2N4O2. The zero-order valence-electron chi connectivity index (χ0n) is 18.6. The summed E-state index contributed by atoms with van der Waals surface area (Å²) >= 11 is 0. The minimum Gasteiger partial charge on any atom is -0.363 e. The van der Waals surface area contributed by atoms with Crippen LogP contribution in [0.3, 0.4) is 0 Å². The summed E-state index contributed by atoms with van der Waals surface area (Å²) in [5.74, 6) is -0.690. The number of aromatic nitrogens is 2. The van der Waals surface area contributed by atoms with Crippen molar-refractivity contribution in [3.63, 3.8) is 0 Å². The largest absolute Gasteiger partial charge is 0.363 e. The molecule has 1 spiro atoms. The standard InChI is InChI=1S/C25H26F2N4O2/c1-2-31-16-25(33-15-24(31)32)5-7-30(8-6-25)14-23-21(27)10-19(12-28-23)17-3-4-18-9-20(26)13-29-22(18)11-17/h3-4,9-13H,2,5-8,14-16H2,1H3. The van der Waals surface area contributed by atoms with Crippen molar-refractivity contribution in [2.75, 3.05) is 32.8 Å². The van der Waals surface area contributed by atoms with Gasteiger partial charge in [-0.25, -0.2) is 8.78 Å². The van der Waals surface area contributed by atoms with E-state index >= 15 is 0 Å². The number of halogens is 2. The van der Waals surface area contributed by atoms with Crippen LogP contribution in [0.1, 0.15) is 25.5 Å². The Balaban J connectivity index is 1.25. The van der Waals surface area contributed by atoms with Crippen molar-refractivity contribution in [2.24, 2.45) is 0 Å². The van der Waals surface area contributed by atoms with Gasteiger partial charge in [0.2, 0.25) is 5.91 Å². The van der Waals surface area contributed by atoms with E-state index in [0.717, 1.165) is 31.5 Å². The van der Waals surface area contributed by atoms with Crippen LogP contribution in [0, 0.1) is 11.6 Å². The Morgan fingerprint density at radius 3 is 2.64 bits per heavy atom. The van der Waals surface area contributed by atoms with Gasteiger partial charge >= 0.3 is 0 Å². The van der Waals surface area contributed by atoms with Crippen LogP contribution in [-0.4, -0.2) is 64.1 Å². The van der Waals surface area contributed by atoms with E-state index in [9.17, 15) is 13.6 Å². The lowest BCUT2D eigenvalue weighted by Crippen LogP contribution is -2.58. The lowest BCUT2D eigenvalue weighted by molar-refractivity contribution is -0.171. The summed E-state index contributed by atoms with van der Waals surface area (Å²) in [7, 11) is 0. The molecule has 1 amide bonds. The number of likely N-dealkylation sites (N-methyl/N-ethyl adjacent to an activating group) is 1. The van der Waals surface area contributed by atoms with Gasteiger partial charge < -0.3 is 9.64 Å². The summed E-state index contributed by atoms with van der Waals surface area (Å²) < 4.78 is 34.2. The molecule has 0 N–H and O–H groups in total. The first kappa shape index (κ1) is 21.9. The number of likely N-dealkylation sites (tertiary alicyclic amines) is 1. The van der Waals surface area contributed by atoms with Crippen LogP contribution in [0.4, 0.5) is 8.78 Å². The Bertz CT molecular complexity index is 1190. The number of rotatable bonds is 4. The first-order chi connectivity index (χ1) is 15.9. The molecule has 2 aliphatic rings. The average Bonchev–Trinajstić information content (AvgIpc) is 2.83. The zero-order chi connectivity index (χ0) is 23.0.